The third-order valence-corrected chi connectivity index (χ3v) is 4.04. The first-order valence-electron chi connectivity index (χ1n) is 5.42. The number of hydrogen-bond acceptors (Lipinski definition) is 5. The Bertz CT molecular complexity index is 631. The van der Waals surface area contributed by atoms with Gasteiger partial charge in [0, 0.05) is 10.6 Å². The molecule has 0 heterocycles. The third-order valence-electron chi connectivity index (χ3n) is 2.32. The SMILES string of the molecule is COC(=O)CCS(=O)(=O)Nc1cc(Cl)ccc1C(N)=S. The Labute approximate surface area is 127 Å². The number of carbonyl (C=O) groups excluding carboxylic acids is 1. The van der Waals surface area contributed by atoms with Crippen LogP contribution in [0.2, 0.25) is 5.02 Å². The van der Waals surface area contributed by atoms with Crippen LogP contribution in [0.25, 0.3) is 0 Å². The topological polar surface area (TPSA) is 98.5 Å². The van der Waals surface area contributed by atoms with Crippen LogP contribution >= 0.6 is 23.8 Å². The van der Waals surface area contributed by atoms with Crippen molar-refractivity contribution in [1.29, 1.82) is 0 Å². The summed E-state index contributed by atoms with van der Waals surface area (Å²) in [5.41, 5.74) is 6.04. The van der Waals surface area contributed by atoms with Gasteiger partial charge < -0.3 is 10.5 Å². The maximum Gasteiger partial charge on any atom is 0.306 e. The lowest BCUT2D eigenvalue weighted by Gasteiger charge is -2.12. The number of carbonyl (C=O) groups is 1. The smallest absolute Gasteiger partial charge is 0.306 e. The minimum atomic E-state index is -3.74. The summed E-state index contributed by atoms with van der Waals surface area (Å²) in [7, 11) is -2.55. The van der Waals surface area contributed by atoms with Gasteiger partial charge in [0.2, 0.25) is 10.0 Å². The van der Waals surface area contributed by atoms with Crippen LogP contribution in [0.15, 0.2) is 18.2 Å². The van der Waals surface area contributed by atoms with Gasteiger partial charge in [-0.1, -0.05) is 23.8 Å². The van der Waals surface area contributed by atoms with Gasteiger partial charge in [-0.25, -0.2) is 8.42 Å². The number of anilines is 1. The van der Waals surface area contributed by atoms with E-state index < -0.39 is 21.7 Å². The van der Waals surface area contributed by atoms with Crippen LogP contribution in [0.4, 0.5) is 5.69 Å². The molecule has 0 atom stereocenters. The average molecular weight is 337 g/mol. The number of hydrogen-bond donors (Lipinski definition) is 2. The molecule has 1 aromatic rings. The highest BCUT2D eigenvalue weighted by Gasteiger charge is 2.16. The first-order valence-corrected chi connectivity index (χ1v) is 7.85. The van der Waals surface area contributed by atoms with Crippen molar-refractivity contribution in [3.05, 3.63) is 28.8 Å². The molecule has 20 heavy (non-hydrogen) atoms. The summed E-state index contributed by atoms with van der Waals surface area (Å²) in [6, 6.07) is 4.46. The fraction of sp³-hybridized carbons (Fsp3) is 0.273. The second kappa shape index (κ2) is 6.87. The molecule has 3 N–H and O–H groups in total. The van der Waals surface area contributed by atoms with E-state index in [1.54, 1.807) is 6.07 Å². The van der Waals surface area contributed by atoms with Crippen molar-refractivity contribution in [3.63, 3.8) is 0 Å². The van der Waals surface area contributed by atoms with E-state index in [2.05, 4.69) is 9.46 Å². The van der Waals surface area contributed by atoms with Crippen molar-refractivity contribution in [3.8, 4) is 0 Å². The Hall–Kier alpha value is -1.38. The van der Waals surface area contributed by atoms with Gasteiger partial charge in [-0.05, 0) is 18.2 Å². The van der Waals surface area contributed by atoms with Gasteiger partial charge in [0.25, 0.3) is 0 Å². The normalized spacial score (nSPS) is 10.9. The molecule has 0 amide bonds. The zero-order valence-electron chi connectivity index (χ0n) is 10.6. The minimum Gasteiger partial charge on any atom is -0.469 e. The molecule has 0 fully saturated rings. The summed E-state index contributed by atoms with van der Waals surface area (Å²) in [5, 5.41) is 0.329. The number of ether oxygens (including phenoxy) is 1. The predicted molar refractivity (Wildman–Crippen MR) is 81.4 cm³/mol. The van der Waals surface area contributed by atoms with Crippen LogP contribution in [0.1, 0.15) is 12.0 Å². The van der Waals surface area contributed by atoms with Crippen molar-refractivity contribution in [2.24, 2.45) is 5.73 Å². The number of thiocarbonyl (C=S) groups is 1. The second-order valence-corrected chi connectivity index (χ2v) is 6.52. The van der Waals surface area contributed by atoms with E-state index in [0.717, 1.165) is 0 Å². The zero-order chi connectivity index (χ0) is 15.3. The predicted octanol–water partition coefficient (Wildman–Crippen LogP) is 1.28. The van der Waals surface area contributed by atoms with Crippen molar-refractivity contribution < 1.29 is 17.9 Å². The number of halogens is 1. The summed E-state index contributed by atoms with van der Waals surface area (Å²) in [6.45, 7) is 0. The van der Waals surface area contributed by atoms with Crippen LogP contribution in [-0.4, -0.2) is 32.2 Å². The quantitative estimate of drug-likeness (QED) is 0.599. The van der Waals surface area contributed by atoms with Crippen LogP contribution in [0, 0.1) is 0 Å². The third kappa shape index (κ3) is 4.95. The van der Waals surface area contributed by atoms with Crippen LogP contribution in [0.3, 0.4) is 0 Å². The van der Waals surface area contributed by atoms with Crippen LogP contribution < -0.4 is 10.5 Å². The maximum atomic E-state index is 11.9. The van der Waals surface area contributed by atoms with Crippen LogP contribution in [-0.2, 0) is 19.6 Å². The number of methoxy groups -OCH3 is 1. The number of nitrogens with one attached hydrogen (secondary N) is 1. The molecule has 0 aromatic heterocycles. The van der Waals surface area contributed by atoms with Crippen molar-refractivity contribution in [1.82, 2.24) is 0 Å². The van der Waals surface area contributed by atoms with Gasteiger partial charge >= 0.3 is 5.97 Å². The molecule has 0 spiro atoms. The lowest BCUT2D eigenvalue weighted by molar-refractivity contribution is -0.140. The molecule has 1 rings (SSSR count). The van der Waals surface area contributed by atoms with E-state index in [1.165, 1.54) is 19.2 Å². The largest absolute Gasteiger partial charge is 0.469 e. The Morgan fingerprint density at radius 1 is 1.50 bits per heavy atom. The minimum absolute atomic E-state index is 0.0346. The number of rotatable bonds is 6. The van der Waals surface area contributed by atoms with Crippen molar-refractivity contribution in [2.45, 2.75) is 6.42 Å². The fourth-order valence-corrected chi connectivity index (χ4v) is 2.75. The Balaban J connectivity index is 2.94. The highest BCUT2D eigenvalue weighted by atomic mass is 35.5. The van der Waals surface area contributed by atoms with Gasteiger partial charge in [-0.15, -0.1) is 0 Å². The average Bonchev–Trinajstić information content (AvgIpc) is 2.35. The molecule has 0 aliphatic rings. The number of benzene rings is 1. The first kappa shape index (κ1) is 16.7. The van der Waals surface area contributed by atoms with Gasteiger partial charge in [0.1, 0.15) is 4.99 Å². The fourth-order valence-electron chi connectivity index (χ4n) is 1.35. The lowest BCUT2D eigenvalue weighted by atomic mass is 10.2. The van der Waals surface area contributed by atoms with Crippen molar-refractivity contribution >= 4 is 50.5 Å². The lowest BCUT2D eigenvalue weighted by Crippen LogP contribution is -2.22. The highest BCUT2D eigenvalue weighted by Crippen LogP contribution is 2.22. The summed E-state index contributed by atoms with van der Waals surface area (Å²) < 4.78 is 30.4. The van der Waals surface area contributed by atoms with E-state index in [4.69, 9.17) is 29.6 Å². The zero-order valence-corrected chi connectivity index (χ0v) is 12.9. The molecule has 0 radical (unpaired) electrons. The molecule has 6 nitrogen and oxygen atoms in total. The Morgan fingerprint density at radius 2 is 2.15 bits per heavy atom. The molecule has 110 valence electrons. The monoisotopic (exact) mass is 336 g/mol. The highest BCUT2D eigenvalue weighted by molar-refractivity contribution is 7.92. The first-order chi connectivity index (χ1) is 9.25. The maximum absolute atomic E-state index is 11.9. The van der Waals surface area contributed by atoms with Gasteiger partial charge in [-0.2, -0.15) is 0 Å². The molecular formula is C11H13ClN2O4S2. The number of nitrogens with two attached hydrogens (primary N) is 1. The molecule has 0 bridgehead atoms. The van der Waals surface area contributed by atoms with Gasteiger partial charge in [-0.3, -0.25) is 9.52 Å². The van der Waals surface area contributed by atoms with Gasteiger partial charge in [0.05, 0.1) is 25.0 Å². The van der Waals surface area contributed by atoms with E-state index in [9.17, 15) is 13.2 Å². The van der Waals surface area contributed by atoms with E-state index in [1.807, 2.05) is 0 Å². The number of sulfonamides is 1. The van der Waals surface area contributed by atoms with E-state index in [0.29, 0.717) is 10.6 Å². The molecule has 0 saturated carbocycles. The summed E-state index contributed by atoms with van der Waals surface area (Å²) >= 11 is 10.6. The molecule has 0 saturated heterocycles. The Kier molecular flexibility index (Phi) is 5.73. The van der Waals surface area contributed by atoms with Crippen LogP contribution in [0.5, 0.6) is 0 Å². The summed E-state index contributed by atoms with van der Waals surface area (Å²) in [4.78, 5) is 11.0. The summed E-state index contributed by atoms with van der Waals surface area (Å²) in [5.74, 6) is -1.03. The molecular weight excluding hydrogens is 324 g/mol. The van der Waals surface area contributed by atoms with Gasteiger partial charge in [0.15, 0.2) is 0 Å². The molecule has 0 aliphatic heterocycles. The molecule has 1 aromatic carbocycles. The van der Waals surface area contributed by atoms with E-state index >= 15 is 0 Å². The molecule has 0 aliphatic carbocycles. The molecule has 0 unspecified atom stereocenters. The summed E-state index contributed by atoms with van der Waals surface area (Å²) in [6.07, 6.45) is -0.255. The Morgan fingerprint density at radius 3 is 2.70 bits per heavy atom. The number of esters is 1. The standard InChI is InChI=1S/C11H13ClN2O4S2/c1-18-10(15)4-5-20(16,17)14-9-6-7(12)2-3-8(9)11(13)19/h2-3,6,14H,4-5H2,1H3,(H2,13,19). The van der Waals surface area contributed by atoms with E-state index in [-0.39, 0.29) is 17.1 Å². The van der Waals surface area contributed by atoms with Crippen molar-refractivity contribution in [2.75, 3.05) is 17.6 Å². The molecule has 9 heteroatoms. The second-order valence-electron chi connectivity index (χ2n) is 3.80.